The van der Waals surface area contributed by atoms with E-state index < -0.39 is 0 Å². The van der Waals surface area contributed by atoms with Gasteiger partial charge in [0.2, 0.25) is 0 Å². The molecule has 0 saturated carbocycles. The molecule has 2 aromatic rings. The molecule has 3 heteroatoms. The first-order chi connectivity index (χ1) is 7.16. The van der Waals surface area contributed by atoms with Gasteiger partial charge in [0, 0.05) is 29.7 Å². The fourth-order valence-electron chi connectivity index (χ4n) is 1.51. The molecule has 0 radical (unpaired) electrons. The van der Waals surface area contributed by atoms with Crippen LogP contribution in [-0.2, 0) is 0 Å². The second-order valence-corrected chi connectivity index (χ2v) is 3.70. The van der Waals surface area contributed by atoms with Crippen molar-refractivity contribution < 1.29 is 0 Å². The van der Waals surface area contributed by atoms with Crippen LogP contribution < -0.4 is 5.73 Å². The first-order valence-corrected chi connectivity index (χ1v) is 4.81. The van der Waals surface area contributed by atoms with E-state index in [2.05, 4.69) is 16.0 Å². The van der Waals surface area contributed by atoms with E-state index in [4.69, 9.17) is 5.73 Å². The average molecular weight is 199 g/mol. The molecule has 2 N–H and O–H groups in total. The van der Waals surface area contributed by atoms with Crippen molar-refractivity contribution in [1.82, 2.24) is 9.97 Å². The third kappa shape index (κ3) is 1.96. The highest BCUT2D eigenvalue weighted by atomic mass is 14.8. The summed E-state index contributed by atoms with van der Waals surface area (Å²) in [4.78, 5) is 8.28. The number of nitrogens with zero attached hydrogens (tertiary/aromatic N) is 2. The number of hydrogen-bond acceptors (Lipinski definition) is 3. The topological polar surface area (TPSA) is 51.8 Å². The van der Waals surface area contributed by atoms with E-state index >= 15 is 0 Å². The van der Waals surface area contributed by atoms with Crippen LogP contribution in [-0.4, -0.2) is 9.97 Å². The summed E-state index contributed by atoms with van der Waals surface area (Å²) in [6.45, 7) is 4.01. The van der Waals surface area contributed by atoms with Crippen LogP contribution in [0.2, 0.25) is 0 Å². The van der Waals surface area contributed by atoms with Crippen LogP contribution in [0.1, 0.15) is 11.1 Å². The molecule has 0 saturated heterocycles. The van der Waals surface area contributed by atoms with Gasteiger partial charge in [0.25, 0.3) is 0 Å². The van der Waals surface area contributed by atoms with Crippen LogP contribution in [0, 0.1) is 13.8 Å². The Kier molecular flexibility index (Phi) is 2.37. The lowest BCUT2D eigenvalue weighted by molar-refractivity contribution is 1.25. The minimum absolute atomic E-state index is 0.549. The normalized spacial score (nSPS) is 10.3. The molecule has 0 atom stereocenters. The molecule has 0 aromatic carbocycles. The maximum atomic E-state index is 5.83. The summed E-state index contributed by atoms with van der Waals surface area (Å²) < 4.78 is 0. The summed E-state index contributed by atoms with van der Waals surface area (Å²) in [5.74, 6) is 0.549. The van der Waals surface area contributed by atoms with Crippen molar-refractivity contribution in [3.63, 3.8) is 0 Å². The zero-order chi connectivity index (χ0) is 10.8. The first kappa shape index (κ1) is 9.65. The summed E-state index contributed by atoms with van der Waals surface area (Å²) >= 11 is 0. The number of aromatic nitrogens is 2. The molecule has 0 fully saturated rings. The SMILES string of the molecule is Cc1cncc(-c2cc(C)cnc2N)c1. The highest BCUT2D eigenvalue weighted by Crippen LogP contribution is 2.24. The highest BCUT2D eigenvalue weighted by Gasteiger charge is 2.04. The molecule has 0 spiro atoms. The van der Waals surface area contributed by atoms with E-state index in [-0.39, 0.29) is 0 Å². The molecule has 2 aromatic heterocycles. The predicted octanol–water partition coefficient (Wildman–Crippen LogP) is 2.34. The van der Waals surface area contributed by atoms with Crippen molar-refractivity contribution in [2.75, 3.05) is 5.73 Å². The Morgan fingerprint density at radius 1 is 1.00 bits per heavy atom. The fourth-order valence-corrected chi connectivity index (χ4v) is 1.51. The lowest BCUT2D eigenvalue weighted by Gasteiger charge is -2.06. The van der Waals surface area contributed by atoms with Crippen LogP contribution in [0.15, 0.2) is 30.7 Å². The zero-order valence-corrected chi connectivity index (χ0v) is 8.86. The van der Waals surface area contributed by atoms with Crippen LogP contribution in [0.25, 0.3) is 11.1 Å². The smallest absolute Gasteiger partial charge is 0.131 e. The van der Waals surface area contributed by atoms with Gasteiger partial charge in [0.05, 0.1) is 0 Å². The van der Waals surface area contributed by atoms with Crippen LogP contribution >= 0.6 is 0 Å². The third-order valence-electron chi connectivity index (χ3n) is 2.24. The summed E-state index contributed by atoms with van der Waals surface area (Å²) in [5, 5.41) is 0. The lowest BCUT2D eigenvalue weighted by Crippen LogP contribution is -1.95. The molecule has 0 unspecified atom stereocenters. The van der Waals surface area contributed by atoms with E-state index in [9.17, 15) is 0 Å². The summed E-state index contributed by atoms with van der Waals surface area (Å²) in [7, 11) is 0. The quantitative estimate of drug-likeness (QED) is 0.767. The summed E-state index contributed by atoms with van der Waals surface area (Å²) in [5.41, 5.74) is 10.0. The van der Waals surface area contributed by atoms with Gasteiger partial charge in [-0.1, -0.05) is 0 Å². The van der Waals surface area contributed by atoms with Gasteiger partial charge in [-0.05, 0) is 37.1 Å². The molecule has 0 aliphatic heterocycles. The van der Waals surface area contributed by atoms with Crippen molar-refractivity contribution in [2.45, 2.75) is 13.8 Å². The van der Waals surface area contributed by atoms with Crippen molar-refractivity contribution in [2.24, 2.45) is 0 Å². The second-order valence-electron chi connectivity index (χ2n) is 3.70. The van der Waals surface area contributed by atoms with Gasteiger partial charge in [-0.25, -0.2) is 4.98 Å². The zero-order valence-electron chi connectivity index (χ0n) is 8.86. The number of rotatable bonds is 1. The largest absolute Gasteiger partial charge is 0.383 e. The Bertz CT molecular complexity index is 492. The highest BCUT2D eigenvalue weighted by molar-refractivity contribution is 5.73. The standard InChI is InChI=1S/C12H13N3/c1-8-3-10(7-14-5-8)11-4-9(2)6-15-12(11)13/h3-7H,1-2H3,(H2,13,15). The third-order valence-corrected chi connectivity index (χ3v) is 2.24. The molecule has 2 heterocycles. The molecule has 0 aliphatic carbocycles. The monoisotopic (exact) mass is 199 g/mol. The van der Waals surface area contributed by atoms with Crippen LogP contribution in [0.3, 0.4) is 0 Å². The molecule has 0 amide bonds. The Balaban J connectivity index is 2.58. The van der Waals surface area contributed by atoms with Crippen molar-refractivity contribution >= 4 is 5.82 Å². The molecule has 76 valence electrons. The van der Waals surface area contributed by atoms with Gasteiger partial charge in [-0.2, -0.15) is 0 Å². The molecule has 15 heavy (non-hydrogen) atoms. The number of anilines is 1. The molecule has 0 aliphatic rings. The number of aryl methyl sites for hydroxylation is 2. The minimum atomic E-state index is 0.549. The molecule has 2 rings (SSSR count). The minimum Gasteiger partial charge on any atom is -0.383 e. The predicted molar refractivity (Wildman–Crippen MR) is 61.4 cm³/mol. The molecular formula is C12H13N3. The van der Waals surface area contributed by atoms with Crippen molar-refractivity contribution in [3.05, 3.63) is 41.9 Å². The number of hydrogen-bond donors (Lipinski definition) is 1. The molecule has 3 nitrogen and oxygen atoms in total. The van der Waals surface area contributed by atoms with Gasteiger partial charge in [0.1, 0.15) is 5.82 Å². The van der Waals surface area contributed by atoms with E-state index in [1.807, 2.05) is 26.1 Å². The van der Waals surface area contributed by atoms with E-state index in [0.717, 1.165) is 22.3 Å². The van der Waals surface area contributed by atoms with Crippen molar-refractivity contribution in [3.8, 4) is 11.1 Å². The fraction of sp³-hybridized carbons (Fsp3) is 0.167. The Morgan fingerprint density at radius 2 is 1.73 bits per heavy atom. The number of nitrogen functional groups attached to an aromatic ring is 1. The number of nitrogens with two attached hydrogens (primary N) is 1. The Labute approximate surface area is 89.0 Å². The van der Waals surface area contributed by atoms with E-state index in [1.165, 1.54) is 0 Å². The Hall–Kier alpha value is -1.90. The first-order valence-electron chi connectivity index (χ1n) is 4.81. The van der Waals surface area contributed by atoms with E-state index in [1.54, 1.807) is 12.4 Å². The van der Waals surface area contributed by atoms with Crippen molar-refractivity contribution in [1.29, 1.82) is 0 Å². The van der Waals surface area contributed by atoms with E-state index in [0.29, 0.717) is 5.82 Å². The van der Waals surface area contributed by atoms with Gasteiger partial charge in [0.15, 0.2) is 0 Å². The van der Waals surface area contributed by atoms with Crippen LogP contribution in [0.5, 0.6) is 0 Å². The van der Waals surface area contributed by atoms with Gasteiger partial charge < -0.3 is 5.73 Å². The van der Waals surface area contributed by atoms with Gasteiger partial charge >= 0.3 is 0 Å². The van der Waals surface area contributed by atoms with Gasteiger partial charge in [-0.3, -0.25) is 4.98 Å². The maximum Gasteiger partial charge on any atom is 0.131 e. The summed E-state index contributed by atoms with van der Waals surface area (Å²) in [6.07, 6.45) is 5.39. The Morgan fingerprint density at radius 3 is 2.47 bits per heavy atom. The maximum absolute atomic E-state index is 5.83. The average Bonchev–Trinajstić information content (AvgIpc) is 2.22. The van der Waals surface area contributed by atoms with Crippen LogP contribution in [0.4, 0.5) is 5.82 Å². The number of pyridine rings is 2. The molecular weight excluding hydrogens is 186 g/mol. The molecule has 0 bridgehead atoms. The lowest BCUT2D eigenvalue weighted by atomic mass is 10.1. The van der Waals surface area contributed by atoms with Gasteiger partial charge in [-0.15, -0.1) is 0 Å². The second kappa shape index (κ2) is 3.69. The summed E-state index contributed by atoms with van der Waals surface area (Å²) in [6, 6.07) is 4.08.